The molecule has 0 saturated heterocycles. The number of aromatic nitrogens is 2. The molecular formula is C23H21FN6O. The second-order valence-corrected chi connectivity index (χ2v) is 7.00. The fraction of sp³-hybridized carbons (Fsp3) is 0.217. The lowest BCUT2D eigenvalue weighted by atomic mass is 10.1. The highest BCUT2D eigenvalue weighted by Crippen LogP contribution is 2.30. The zero-order valence-corrected chi connectivity index (χ0v) is 17.4. The Bertz CT molecular complexity index is 1140. The number of aryl methyl sites for hydroxylation is 2. The topological polar surface area (TPSA) is 107 Å². The van der Waals surface area contributed by atoms with E-state index in [1.165, 1.54) is 0 Å². The minimum Gasteiger partial charge on any atom is -0.475 e. The molecule has 3 rings (SSSR count). The van der Waals surface area contributed by atoms with Gasteiger partial charge in [-0.05, 0) is 61.7 Å². The lowest BCUT2D eigenvalue weighted by molar-refractivity contribution is 0.273. The molecule has 0 aliphatic carbocycles. The van der Waals surface area contributed by atoms with E-state index in [4.69, 9.17) is 15.3 Å². The van der Waals surface area contributed by atoms with Crippen LogP contribution in [0, 0.1) is 42.3 Å². The van der Waals surface area contributed by atoms with Crippen LogP contribution in [-0.4, -0.2) is 16.1 Å². The van der Waals surface area contributed by atoms with E-state index in [2.05, 4.69) is 26.7 Å². The molecule has 0 saturated carbocycles. The molecule has 2 N–H and O–H groups in total. The maximum Gasteiger partial charge on any atom is 0.229 e. The van der Waals surface area contributed by atoms with E-state index in [1.54, 1.807) is 31.2 Å². The highest BCUT2D eigenvalue weighted by molar-refractivity contribution is 5.63. The average Bonchev–Trinajstić information content (AvgIpc) is 2.74. The van der Waals surface area contributed by atoms with Crippen molar-refractivity contribution in [2.45, 2.75) is 33.3 Å². The summed E-state index contributed by atoms with van der Waals surface area (Å²) in [5.41, 5.74) is 3.89. The molecule has 7 nitrogen and oxygen atoms in total. The largest absolute Gasteiger partial charge is 0.475 e. The van der Waals surface area contributed by atoms with Crippen LogP contribution in [0.4, 0.5) is 27.5 Å². The minimum atomic E-state index is -0.594. The number of hydrogen-bond donors (Lipinski definition) is 2. The first-order valence-corrected chi connectivity index (χ1v) is 9.59. The van der Waals surface area contributed by atoms with E-state index in [9.17, 15) is 4.39 Å². The van der Waals surface area contributed by atoms with Gasteiger partial charge in [-0.2, -0.15) is 15.5 Å². The zero-order chi connectivity index (χ0) is 22.4. The van der Waals surface area contributed by atoms with Crippen molar-refractivity contribution in [3.8, 4) is 17.9 Å². The SMILES string of the molecule is Cc1cc(Nc2nc(Nc3ccc(CC#N)cc3)ncc2F)cc(C)c1OC(C)C#N. The monoisotopic (exact) mass is 416 g/mol. The van der Waals surface area contributed by atoms with E-state index >= 15 is 0 Å². The fourth-order valence-corrected chi connectivity index (χ4v) is 2.99. The summed E-state index contributed by atoms with van der Waals surface area (Å²) in [7, 11) is 0. The summed E-state index contributed by atoms with van der Waals surface area (Å²) >= 11 is 0. The lowest BCUT2D eigenvalue weighted by Crippen LogP contribution is -2.10. The van der Waals surface area contributed by atoms with Crippen LogP contribution >= 0.6 is 0 Å². The number of nitriles is 2. The van der Waals surface area contributed by atoms with Crippen LogP contribution in [0.3, 0.4) is 0 Å². The summed E-state index contributed by atoms with van der Waals surface area (Å²) < 4.78 is 20.0. The molecule has 2 aromatic carbocycles. The zero-order valence-electron chi connectivity index (χ0n) is 17.4. The Kier molecular flexibility index (Phi) is 6.64. The fourth-order valence-electron chi connectivity index (χ4n) is 2.99. The molecule has 0 spiro atoms. The Labute approximate surface area is 180 Å². The number of nitrogens with one attached hydrogen (secondary N) is 2. The van der Waals surface area contributed by atoms with Gasteiger partial charge < -0.3 is 15.4 Å². The van der Waals surface area contributed by atoms with Crippen molar-refractivity contribution in [2.75, 3.05) is 10.6 Å². The van der Waals surface area contributed by atoms with Crippen molar-refractivity contribution in [3.05, 3.63) is 65.1 Å². The first kappa shape index (κ1) is 21.5. The normalized spacial score (nSPS) is 11.2. The average molecular weight is 416 g/mol. The molecule has 8 heteroatoms. The van der Waals surface area contributed by atoms with Crippen LogP contribution in [0.25, 0.3) is 0 Å². The van der Waals surface area contributed by atoms with Gasteiger partial charge in [0, 0.05) is 11.4 Å². The smallest absolute Gasteiger partial charge is 0.229 e. The molecule has 1 atom stereocenters. The van der Waals surface area contributed by atoms with E-state index < -0.39 is 11.9 Å². The van der Waals surface area contributed by atoms with Gasteiger partial charge in [0.15, 0.2) is 17.7 Å². The van der Waals surface area contributed by atoms with Crippen molar-refractivity contribution < 1.29 is 9.13 Å². The van der Waals surface area contributed by atoms with Gasteiger partial charge in [-0.15, -0.1) is 0 Å². The van der Waals surface area contributed by atoms with Crippen molar-refractivity contribution in [1.82, 2.24) is 9.97 Å². The van der Waals surface area contributed by atoms with Gasteiger partial charge in [-0.3, -0.25) is 0 Å². The van der Waals surface area contributed by atoms with E-state index in [0.717, 1.165) is 28.6 Å². The summed E-state index contributed by atoms with van der Waals surface area (Å²) in [5, 5.41) is 23.7. The first-order chi connectivity index (χ1) is 14.9. The van der Waals surface area contributed by atoms with Gasteiger partial charge in [0.25, 0.3) is 0 Å². The van der Waals surface area contributed by atoms with Crippen LogP contribution in [0.2, 0.25) is 0 Å². The van der Waals surface area contributed by atoms with Crippen LogP contribution < -0.4 is 15.4 Å². The lowest BCUT2D eigenvalue weighted by Gasteiger charge is -2.16. The standard InChI is InChI=1S/C23H21FN6O/c1-14-10-19(11-15(2)21(14)31-16(3)12-26)28-22-20(24)13-27-23(30-22)29-18-6-4-17(5-7-18)8-9-25/h4-7,10-11,13,16H,8H2,1-3H3,(H2,27,28,29,30). The Morgan fingerprint density at radius 3 is 2.35 bits per heavy atom. The number of anilines is 4. The second kappa shape index (κ2) is 9.55. The third kappa shape index (κ3) is 5.46. The molecule has 1 heterocycles. The molecular weight excluding hydrogens is 395 g/mol. The number of hydrogen-bond acceptors (Lipinski definition) is 7. The quantitative estimate of drug-likeness (QED) is 0.553. The predicted octanol–water partition coefficient (Wildman–Crippen LogP) is 5.08. The van der Waals surface area contributed by atoms with Crippen LogP contribution in [-0.2, 0) is 6.42 Å². The molecule has 31 heavy (non-hydrogen) atoms. The number of benzene rings is 2. The summed E-state index contributed by atoms with van der Waals surface area (Å²) in [6, 6.07) is 15.0. The van der Waals surface area contributed by atoms with Crippen LogP contribution in [0.1, 0.15) is 23.6 Å². The number of halogens is 1. The molecule has 0 amide bonds. The third-order valence-corrected chi connectivity index (χ3v) is 4.44. The highest BCUT2D eigenvalue weighted by Gasteiger charge is 2.13. The van der Waals surface area contributed by atoms with Gasteiger partial charge in [-0.25, -0.2) is 9.37 Å². The third-order valence-electron chi connectivity index (χ3n) is 4.44. The number of nitrogens with zero attached hydrogens (tertiary/aromatic N) is 4. The van der Waals surface area contributed by atoms with Gasteiger partial charge >= 0.3 is 0 Å². The van der Waals surface area contributed by atoms with Crippen molar-refractivity contribution in [3.63, 3.8) is 0 Å². The van der Waals surface area contributed by atoms with Crippen molar-refractivity contribution in [2.24, 2.45) is 0 Å². The molecule has 3 aromatic rings. The summed E-state index contributed by atoms with van der Waals surface area (Å²) in [4.78, 5) is 8.22. The van der Waals surface area contributed by atoms with Gasteiger partial charge in [0.05, 0.1) is 18.7 Å². The summed E-state index contributed by atoms with van der Waals surface area (Å²) in [6.45, 7) is 5.39. The van der Waals surface area contributed by atoms with Crippen molar-refractivity contribution in [1.29, 1.82) is 10.5 Å². The molecule has 0 aliphatic heterocycles. The molecule has 1 aromatic heterocycles. The maximum absolute atomic E-state index is 14.3. The molecule has 0 radical (unpaired) electrons. The Balaban J connectivity index is 1.79. The Hall–Kier alpha value is -4.17. The van der Waals surface area contributed by atoms with E-state index in [-0.39, 0.29) is 11.8 Å². The highest BCUT2D eigenvalue weighted by atomic mass is 19.1. The Morgan fingerprint density at radius 2 is 1.74 bits per heavy atom. The van der Waals surface area contributed by atoms with Gasteiger partial charge in [0.1, 0.15) is 11.8 Å². The van der Waals surface area contributed by atoms with Gasteiger partial charge in [0.2, 0.25) is 5.95 Å². The number of ether oxygens (including phenoxy) is 1. The summed E-state index contributed by atoms with van der Waals surface area (Å²) in [5.74, 6) is 0.290. The van der Waals surface area contributed by atoms with Gasteiger partial charge in [-0.1, -0.05) is 12.1 Å². The number of rotatable bonds is 7. The minimum absolute atomic E-state index is 0.0245. The van der Waals surface area contributed by atoms with E-state index in [1.807, 2.05) is 32.0 Å². The van der Waals surface area contributed by atoms with E-state index in [0.29, 0.717) is 17.9 Å². The molecule has 0 fully saturated rings. The molecule has 0 aliphatic rings. The molecule has 1 unspecified atom stereocenters. The van der Waals surface area contributed by atoms with Crippen LogP contribution in [0.15, 0.2) is 42.6 Å². The predicted molar refractivity (Wildman–Crippen MR) is 116 cm³/mol. The van der Waals surface area contributed by atoms with Crippen LogP contribution in [0.5, 0.6) is 5.75 Å². The Morgan fingerprint density at radius 1 is 1.06 bits per heavy atom. The molecule has 156 valence electrons. The first-order valence-electron chi connectivity index (χ1n) is 9.59. The van der Waals surface area contributed by atoms with Crippen molar-refractivity contribution >= 4 is 23.1 Å². The molecule has 0 bridgehead atoms. The second-order valence-electron chi connectivity index (χ2n) is 7.00. The summed E-state index contributed by atoms with van der Waals surface area (Å²) in [6.07, 6.45) is 0.852. The maximum atomic E-state index is 14.3.